The third-order valence-electron chi connectivity index (χ3n) is 3.95. The fraction of sp³-hybridized carbons (Fsp3) is 0.294. The van der Waals surface area contributed by atoms with Crippen LogP contribution >= 0.6 is 24.0 Å². The zero-order valence-electron chi connectivity index (χ0n) is 12.9. The molecule has 1 aromatic carbocycles. The smallest absolute Gasteiger partial charge is 0.360 e. The van der Waals surface area contributed by atoms with Gasteiger partial charge in [0.05, 0.1) is 12.4 Å². The van der Waals surface area contributed by atoms with Gasteiger partial charge in [0.25, 0.3) is 0 Å². The van der Waals surface area contributed by atoms with Crippen molar-refractivity contribution >= 4 is 35.0 Å². The van der Waals surface area contributed by atoms with Crippen molar-refractivity contribution in [3.8, 4) is 0 Å². The number of thioether (sulfide) groups is 1. The molecule has 0 bridgehead atoms. The van der Waals surface area contributed by atoms with Crippen LogP contribution in [0.2, 0.25) is 0 Å². The van der Waals surface area contributed by atoms with Crippen molar-refractivity contribution in [3.05, 3.63) is 59.9 Å². The van der Waals surface area contributed by atoms with Crippen molar-refractivity contribution in [2.45, 2.75) is 18.6 Å². The molecule has 1 saturated heterocycles. The second-order valence-electron chi connectivity index (χ2n) is 5.59. The van der Waals surface area contributed by atoms with Crippen molar-refractivity contribution < 1.29 is 13.9 Å². The molecule has 0 saturated carbocycles. The number of thiocarbonyl (C=S) groups is 1. The molecule has 0 N–H and O–H groups in total. The Kier molecular flexibility index (Phi) is 4.85. The third-order valence-corrected chi connectivity index (χ3v) is 5.46. The fourth-order valence-corrected chi connectivity index (χ4v) is 3.63. The quantitative estimate of drug-likeness (QED) is 0.602. The average Bonchev–Trinajstić information content (AvgIpc) is 2.94. The van der Waals surface area contributed by atoms with E-state index in [1.165, 1.54) is 10.9 Å². The molecule has 3 rings (SSSR count). The van der Waals surface area contributed by atoms with Gasteiger partial charge in [0.15, 0.2) is 11.3 Å². The minimum absolute atomic E-state index is 0.180. The number of halogens is 1. The van der Waals surface area contributed by atoms with E-state index in [-0.39, 0.29) is 11.7 Å². The van der Waals surface area contributed by atoms with Crippen LogP contribution in [0.5, 0.6) is 0 Å². The van der Waals surface area contributed by atoms with Gasteiger partial charge in [-0.25, -0.2) is 9.78 Å². The van der Waals surface area contributed by atoms with Gasteiger partial charge < -0.3 is 9.30 Å². The molecule has 0 amide bonds. The van der Waals surface area contributed by atoms with Gasteiger partial charge in [0.1, 0.15) is 0 Å². The van der Waals surface area contributed by atoms with Gasteiger partial charge >= 0.3 is 5.97 Å². The number of carbonyl (C=O) groups is 1. The number of imidazole rings is 1. The standard InChI is InChI=1S/C17H15FN2O2S2/c1-12(13-5-3-2-4-6-13)20-11-19-15(18)14(20)16(21)22-17(7-8-23)9-24-10-17/h2-7,11-12H,9-10H2,1H3/t12-/m1/s1. The first-order valence-electron chi connectivity index (χ1n) is 7.37. The van der Waals surface area contributed by atoms with Crippen LogP contribution in [-0.4, -0.2) is 37.6 Å². The second kappa shape index (κ2) is 6.89. The molecular weight excluding hydrogens is 347 g/mol. The van der Waals surface area contributed by atoms with Crippen molar-refractivity contribution in [1.82, 2.24) is 9.55 Å². The Hall–Kier alpha value is -1.95. The maximum atomic E-state index is 14.1. The number of ether oxygens (including phenoxy) is 1. The first-order valence-corrected chi connectivity index (χ1v) is 8.93. The molecule has 1 aliphatic rings. The number of hydrogen-bond donors (Lipinski definition) is 0. The van der Waals surface area contributed by atoms with Crippen LogP contribution in [0.1, 0.15) is 29.0 Å². The second-order valence-corrected chi connectivity index (χ2v) is 6.81. The van der Waals surface area contributed by atoms with Crippen molar-refractivity contribution in [2.24, 2.45) is 0 Å². The predicted octanol–water partition coefficient (Wildman–Crippen LogP) is 3.43. The summed E-state index contributed by atoms with van der Waals surface area (Å²) in [5, 5.41) is 2.49. The topological polar surface area (TPSA) is 44.1 Å². The molecule has 1 aromatic heterocycles. The lowest BCUT2D eigenvalue weighted by atomic mass is 10.1. The van der Waals surface area contributed by atoms with Gasteiger partial charge in [-0.2, -0.15) is 16.2 Å². The molecule has 0 aliphatic carbocycles. The summed E-state index contributed by atoms with van der Waals surface area (Å²) in [6.07, 6.45) is 2.87. The fourth-order valence-electron chi connectivity index (χ4n) is 2.53. The molecule has 1 fully saturated rings. The normalized spacial score (nSPS) is 16.6. The Morgan fingerprint density at radius 1 is 1.50 bits per heavy atom. The zero-order chi connectivity index (χ0) is 17.2. The Balaban J connectivity index is 1.90. The van der Waals surface area contributed by atoms with Gasteiger partial charge in [-0.05, 0) is 29.7 Å². The summed E-state index contributed by atoms with van der Waals surface area (Å²) >= 11 is 6.34. The van der Waals surface area contributed by atoms with E-state index >= 15 is 0 Å². The molecule has 0 spiro atoms. The van der Waals surface area contributed by atoms with Gasteiger partial charge in [0, 0.05) is 17.6 Å². The van der Waals surface area contributed by atoms with Gasteiger partial charge in [-0.15, -0.1) is 0 Å². The van der Waals surface area contributed by atoms with E-state index in [2.05, 4.69) is 10.0 Å². The SMILES string of the molecule is C[C@H](c1ccccc1)n1cnc(F)c1C(=O)OC1(C=C=S)CSC1. The Labute approximate surface area is 148 Å². The highest BCUT2D eigenvalue weighted by Crippen LogP contribution is 2.35. The number of aromatic nitrogens is 2. The van der Waals surface area contributed by atoms with Crippen LogP contribution in [0.15, 0.2) is 42.7 Å². The molecule has 2 aromatic rings. The number of benzene rings is 1. The lowest BCUT2D eigenvalue weighted by Gasteiger charge is -2.36. The van der Waals surface area contributed by atoms with E-state index in [1.807, 2.05) is 37.3 Å². The van der Waals surface area contributed by atoms with E-state index in [1.54, 1.807) is 17.8 Å². The molecule has 2 heterocycles. The lowest BCUT2D eigenvalue weighted by Crippen LogP contribution is -2.46. The maximum Gasteiger partial charge on any atom is 0.360 e. The molecule has 4 nitrogen and oxygen atoms in total. The predicted molar refractivity (Wildman–Crippen MR) is 95.1 cm³/mol. The Bertz CT molecular complexity index is 796. The average molecular weight is 362 g/mol. The minimum Gasteiger partial charge on any atom is -0.448 e. The van der Waals surface area contributed by atoms with Crippen LogP contribution in [0.3, 0.4) is 0 Å². The summed E-state index contributed by atoms with van der Waals surface area (Å²) < 4.78 is 21.1. The molecule has 0 radical (unpaired) electrons. The largest absolute Gasteiger partial charge is 0.448 e. The van der Waals surface area contributed by atoms with Crippen LogP contribution in [0.25, 0.3) is 0 Å². The van der Waals surface area contributed by atoms with E-state index in [0.717, 1.165) is 5.56 Å². The summed E-state index contributed by atoms with van der Waals surface area (Å²) in [5.41, 5.74) is -0.0295. The van der Waals surface area contributed by atoms with Crippen molar-refractivity contribution in [1.29, 1.82) is 0 Å². The first-order chi connectivity index (χ1) is 11.6. The van der Waals surface area contributed by atoms with E-state index in [4.69, 9.17) is 17.0 Å². The highest BCUT2D eigenvalue weighted by molar-refractivity contribution is 8.00. The van der Waals surface area contributed by atoms with E-state index in [0.29, 0.717) is 11.5 Å². The highest BCUT2D eigenvalue weighted by Gasteiger charge is 2.41. The van der Waals surface area contributed by atoms with Crippen molar-refractivity contribution in [2.75, 3.05) is 11.5 Å². The molecular formula is C17H15FN2O2S2. The van der Waals surface area contributed by atoms with Gasteiger partial charge in [-0.1, -0.05) is 30.3 Å². The first kappa shape index (κ1) is 16.9. The summed E-state index contributed by atoms with van der Waals surface area (Å²) in [5.74, 6) is -0.399. The molecule has 24 heavy (non-hydrogen) atoms. The highest BCUT2D eigenvalue weighted by atomic mass is 32.2. The number of carbonyl (C=O) groups excluding carboxylic acids is 1. The summed E-state index contributed by atoms with van der Waals surface area (Å²) in [7, 11) is 0. The van der Waals surface area contributed by atoms with Crippen LogP contribution in [-0.2, 0) is 4.74 Å². The number of esters is 1. The number of hydrogen-bond acceptors (Lipinski definition) is 5. The maximum absolute atomic E-state index is 14.1. The van der Waals surface area contributed by atoms with Crippen LogP contribution in [0, 0.1) is 5.95 Å². The van der Waals surface area contributed by atoms with Gasteiger partial charge in [0.2, 0.25) is 5.95 Å². The molecule has 1 atom stereocenters. The summed E-state index contributed by atoms with van der Waals surface area (Å²) in [4.78, 5) is 16.2. The lowest BCUT2D eigenvalue weighted by molar-refractivity contribution is 0.0154. The third kappa shape index (κ3) is 3.15. The monoisotopic (exact) mass is 362 g/mol. The number of nitrogens with zero attached hydrogens (tertiary/aromatic N) is 2. The molecule has 1 aliphatic heterocycles. The van der Waals surface area contributed by atoms with Crippen LogP contribution in [0.4, 0.5) is 4.39 Å². The molecule has 0 unspecified atom stereocenters. The van der Waals surface area contributed by atoms with E-state index in [9.17, 15) is 9.18 Å². The number of rotatable bonds is 5. The van der Waals surface area contributed by atoms with Crippen molar-refractivity contribution in [3.63, 3.8) is 0 Å². The summed E-state index contributed by atoms with van der Waals surface area (Å²) in [6, 6.07) is 9.26. The van der Waals surface area contributed by atoms with Gasteiger partial charge in [-0.3, -0.25) is 0 Å². The molecule has 7 heteroatoms. The Morgan fingerprint density at radius 2 is 2.21 bits per heavy atom. The summed E-state index contributed by atoms with van der Waals surface area (Å²) in [6.45, 7) is 1.87. The minimum atomic E-state index is -0.837. The zero-order valence-corrected chi connectivity index (χ0v) is 14.6. The molecule has 124 valence electrons. The Morgan fingerprint density at radius 3 is 2.79 bits per heavy atom. The van der Waals surface area contributed by atoms with E-state index < -0.39 is 17.5 Å². The van der Waals surface area contributed by atoms with Crippen LogP contribution < -0.4 is 0 Å².